The number of aryl methyl sites for hydroxylation is 1. The highest BCUT2D eigenvalue weighted by atomic mass is 32.1. The number of aromatic nitrogens is 1. The first-order chi connectivity index (χ1) is 19.9. The molecule has 0 radical (unpaired) electrons. The zero-order chi connectivity index (χ0) is 29.3. The average Bonchev–Trinajstić information content (AvgIpc) is 3.35. The minimum Gasteiger partial charge on any atom is -0.490 e. The lowest BCUT2D eigenvalue weighted by Gasteiger charge is -2.18. The molecule has 226 valence electrons. The molecule has 0 aliphatic carbocycles. The fourth-order valence-electron chi connectivity index (χ4n) is 3.90. The minimum absolute atomic E-state index is 0.0552. The van der Waals surface area contributed by atoms with Gasteiger partial charge in [0.25, 0.3) is 0 Å². The topological polar surface area (TPSA) is 106 Å². The average molecular weight is 611 g/mol. The van der Waals surface area contributed by atoms with Crippen molar-refractivity contribution in [2.75, 3.05) is 53.9 Å². The zero-order valence-corrected chi connectivity index (χ0v) is 25.7. The lowest BCUT2D eigenvalue weighted by atomic mass is 10.2. The fraction of sp³-hybridized carbons (Fsp3) is 0.483. The van der Waals surface area contributed by atoms with Crippen molar-refractivity contribution in [2.45, 2.75) is 39.2 Å². The van der Waals surface area contributed by atoms with Crippen LogP contribution in [-0.2, 0) is 25.3 Å². The number of para-hydroxylation sites is 1. The normalized spacial score (nSPS) is 12.6. The second kappa shape index (κ2) is 18.0. The van der Waals surface area contributed by atoms with E-state index in [0.29, 0.717) is 51.9 Å². The highest BCUT2D eigenvalue weighted by Gasteiger charge is 2.28. The Labute approximate surface area is 246 Å². The van der Waals surface area contributed by atoms with Crippen LogP contribution in [0.15, 0.2) is 54.2 Å². The third kappa shape index (κ3) is 12.4. The number of rotatable bonds is 21. The van der Waals surface area contributed by atoms with Gasteiger partial charge in [0.1, 0.15) is 5.75 Å². The number of methoxy groups -OCH3 is 2. The highest BCUT2D eigenvalue weighted by Crippen LogP contribution is 2.49. The summed E-state index contributed by atoms with van der Waals surface area (Å²) in [6.07, 6.45) is 5.85. The first-order valence-electron chi connectivity index (χ1n) is 13.6. The zero-order valence-electron chi connectivity index (χ0n) is 24.0. The van der Waals surface area contributed by atoms with E-state index in [4.69, 9.17) is 32.7 Å². The Morgan fingerprint density at radius 3 is 2.29 bits per heavy atom. The van der Waals surface area contributed by atoms with Gasteiger partial charge >= 0.3 is 7.82 Å². The van der Waals surface area contributed by atoms with E-state index in [-0.39, 0.29) is 17.2 Å². The Morgan fingerprint density at radius 2 is 1.56 bits per heavy atom. The molecule has 41 heavy (non-hydrogen) atoms. The van der Waals surface area contributed by atoms with Crippen molar-refractivity contribution in [2.24, 2.45) is 0 Å². The Bertz CT molecular complexity index is 1220. The molecule has 0 saturated heterocycles. The van der Waals surface area contributed by atoms with Crippen LogP contribution >= 0.6 is 19.2 Å². The summed E-state index contributed by atoms with van der Waals surface area (Å²) in [6, 6.07) is 12.0. The van der Waals surface area contributed by atoms with E-state index in [0.717, 1.165) is 31.2 Å². The van der Waals surface area contributed by atoms with Crippen molar-refractivity contribution in [3.05, 3.63) is 64.6 Å². The van der Waals surface area contributed by atoms with Gasteiger partial charge in [-0.25, -0.2) is 4.57 Å². The Morgan fingerprint density at radius 1 is 0.854 bits per heavy atom. The van der Waals surface area contributed by atoms with Gasteiger partial charge in [-0.05, 0) is 50.5 Å². The van der Waals surface area contributed by atoms with Crippen LogP contribution in [0.2, 0.25) is 0 Å². The Hall–Kier alpha value is -2.66. The van der Waals surface area contributed by atoms with Gasteiger partial charge < -0.3 is 32.7 Å². The maximum Gasteiger partial charge on any atom is 0.585 e. The van der Waals surface area contributed by atoms with Crippen molar-refractivity contribution in [3.63, 3.8) is 0 Å². The van der Waals surface area contributed by atoms with Gasteiger partial charge in [-0.2, -0.15) is 4.57 Å². The maximum absolute atomic E-state index is 12.9. The van der Waals surface area contributed by atoms with E-state index in [1.807, 2.05) is 29.3 Å². The molecule has 0 fully saturated rings. The molecule has 0 aliphatic rings. The molecule has 1 N–H and O–H groups in total. The summed E-state index contributed by atoms with van der Waals surface area (Å²) in [4.78, 5) is 11.7. The van der Waals surface area contributed by atoms with E-state index in [1.165, 1.54) is 18.1 Å². The summed E-state index contributed by atoms with van der Waals surface area (Å²) in [6.45, 7) is 6.14. The van der Waals surface area contributed by atoms with Crippen molar-refractivity contribution in [1.82, 2.24) is 0 Å². The van der Waals surface area contributed by atoms with Crippen LogP contribution in [-0.4, -0.2) is 58.8 Å². The van der Waals surface area contributed by atoms with Crippen LogP contribution in [0.25, 0.3) is 0 Å². The van der Waals surface area contributed by atoms with E-state index in [1.54, 1.807) is 48.8 Å². The molecule has 0 bridgehead atoms. The minimum atomic E-state index is -4.52. The first-order valence-corrected chi connectivity index (χ1v) is 16.0. The van der Waals surface area contributed by atoms with Crippen molar-refractivity contribution in [3.8, 4) is 23.0 Å². The van der Waals surface area contributed by atoms with Gasteiger partial charge in [-0.1, -0.05) is 36.0 Å². The Balaban J connectivity index is 1.42. The number of nitrogens with zero attached hydrogens (tertiary/aromatic N) is 1. The number of unbranched alkanes of at least 4 members (excludes halogenated alkanes) is 3. The standard InChI is InChI=1S/C29H40NO9PS/c1-24-21-30(23-41-24)22-25-10-8-11-26(20-25)38-40(31,32)39-28-13-9-12-27(29(28)34-3)37-15-7-5-4-6-14-35-18-19-36-17-16-33-2/h8-13,20-21,23H,4-7,14-19,22H2,1-3H3/p+1. The number of phosphoric ester groups is 1. The Kier molecular flexibility index (Phi) is 14.4. The summed E-state index contributed by atoms with van der Waals surface area (Å²) in [5.74, 6) is 0.934. The molecular formula is C29H41NO9PS+. The lowest BCUT2D eigenvalue weighted by molar-refractivity contribution is -0.683. The van der Waals surface area contributed by atoms with E-state index in [2.05, 4.69) is 0 Å². The highest BCUT2D eigenvalue weighted by molar-refractivity contribution is 7.48. The van der Waals surface area contributed by atoms with Gasteiger partial charge in [0, 0.05) is 19.3 Å². The van der Waals surface area contributed by atoms with Gasteiger partial charge in [0.15, 0.2) is 24.2 Å². The van der Waals surface area contributed by atoms with Gasteiger partial charge in [0.2, 0.25) is 11.3 Å². The van der Waals surface area contributed by atoms with Crippen molar-refractivity contribution >= 4 is 19.2 Å². The number of hydrogen-bond acceptors (Lipinski definition) is 9. The summed E-state index contributed by atoms with van der Waals surface area (Å²) in [5.41, 5.74) is 2.94. The number of thiazole rings is 1. The third-order valence-electron chi connectivity index (χ3n) is 5.81. The lowest BCUT2D eigenvalue weighted by Crippen LogP contribution is -2.30. The van der Waals surface area contributed by atoms with Gasteiger partial charge in [0.05, 0.1) is 45.0 Å². The maximum atomic E-state index is 12.9. The molecule has 0 amide bonds. The second-order valence-electron chi connectivity index (χ2n) is 9.20. The molecule has 3 rings (SSSR count). The summed E-state index contributed by atoms with van der Waals surface area (Å²) < 4.78 is 52.9. The van der Waals surface area contributed by atoms with Crippen LogP contribution < -0.4 is 23.1 Å². The number of benzene rings is 2. The molecule has 1 aromatic heterocycles. The van der Waals surface area contributed by atoms with Crippen LogP contribution in [0.5, 0.6) is 23.0 Å². The predicted octanol–water partition coefficient (Wildman–Crippen LogP) is 5.58. The molecule has 0 spiro atoms. The SMILES string of the molecule is COCCOCCOCCCCCCOc1cccc(OP(=O)(O)Oc2cccc(C[n+]3csc(C)c3)c2)c1OC. The van der Waals surface area contributed by atoms with Crippen LogP contribution in [0.1, 0.15) is 36.1 Å². The number of ether oxygens (including phenoxy) is 5. The third-order valence-corrected chi connectivity index (χ3v) is 7.53. The molecule has 3 aromatic rings. The number of hydrogen-bond donors (Lipinski definition) is 1. The molecule has 2 aromatic carbocycles. The van der Waals surface area contributed by atoms with Gasteiger partial charge in [-0.15, -0.1) is 0 Å². The predicted molar refractivity (Wildman–Crippen MR) is 156 cm³/mol. The summed E-state index contributed by atoms with van der Waals surface area (Å²) >= 11 is 1.65. The summed E-state index contributed by atoms with van der Waals surface area (Å²) in [5, 5.41) is 0. The quantitative estimate of drug-likeness (QED) is 0.0940. The van der Waals surface area contributed by atoms with E-state index < -0.39 is 7.82 Å². The molecule has 1 heterocycles. The van der Waals surface area contributed by atoms with Gasteiger partial charge in [-0.3, -0.25) is 4.89 Å². The molecule has 1 atom stereocenters. The van der Waals surface area contributed by atoms with E-state index >= 15 is 0 Å². The largest absolute Gasteiger partial charge is 0.585 e. The van der Waals surface area contributed by atoms with Crippen LogP contribution in [0, 0.1) is 6.92 Å². The molecule has 0 aliphatic heterocycles. The smallest absolute Gasteiger partial charge is 0.490 e. The first kappa shape index (κ1) is 32.8. The van der Waals surface area contributed by atoms with Crippen LogP contribution in [0.3, 0.4) is 0 Å². The molecule has 1 unspecified atom stereocenters. The number of phosphoric acid groups is 1. The molecule has 0 saturated carbocycles. The molecular weight excluding hydrogens is 569 g/mol. The van der Waals surface area contributed by atoms with Crippen molar-refractivity contribution < 1.29 is 46.8 Å². The van der Waals surface area contributed by atoms with Crippen LogP contribution in [0.4, 0.5) is 0 Å². The summed E-state index contributed by atoms with van der Waals surface area (Å²) in [7, 11) is -1.42. The fourth-order valence-corrected chi connectivity index (χ4v) is 5.35. The monoisotopic (exact) mass is 610 g/mol. The molecule has 10 nitrogen and oxygen atoms in total. The van der Waals surface area contributed by atoms with Crippen molar-refractivity contribution in [1.29, 1.82) is 0 Å². The second-order valence-corrected chi connectivity index (χ2v) is 11.6. The van der Waals surface area contributed by atoms with E-state index in [9.17, 15) is 9.46 Å². The molecule has 12 heteroatoms.